The number of nitrogens with one attached hydrogen (secondary N) is 1. The molecule has 1 N–H and O–H groups in total. The van der Waals surface area contributed by atoms with E-state index < -0.39 is 11.9 Å². The van der Waals surface area contributed by atoms with E-state index in [1.165, 1.54) is 0 Å². The number of nitrogens with zero attached hydrogens (tertiary/aromatic N) is 4. The topological polar surface area (TPSA) is 67.1 Å². The lowest BCUT2D eigenvalue weighted by atomic mass is 10.0. The Morgan fingerprint density at radius 3 is 2.64 bits per heavy atom. The van der Waals surface area contributed by atoms with Gasteiger partial charge in [-0.2, -0.15) is 13.2 Å². The van der Waals surface area contributed by atoms with E-state index in [9.17, 15) is 13.2 Å². The summed E-state index contributed by atoms with van der Waals surface area (Å²) in [6.07, 6.45) is 0.736. The molecule has 6 nitrogen and oxygen atoms in total. The Labute approximate surface area is 143 Å². The second kappa shape index (κ2) is 7.38. The van der Waals surface area contributed by atoms with Gasteiger partial charge in [-0.05, 0) is 12.8 Å². The van der Waals surface area contributed by atoms with E-state index in [-0.39, 0.29) is 11.9 Å². The van der Waals surface area contributed by atoms with Crippen molar-refractivity contribution < 1.29 is 17.6 Å². The van der Waals surface area contributed by atoms with Gasteiger partial charge in [-0.15, -0.1) is 0 Å². The molecule has 0 saturated carbocycles. The second-order valence-corrected chi connectivity index (χ2v) is 6.14. The van der Waals surface area contributed by atoms with E-state index in [0.29, 0.717) is 5.89 Å². The molecule has 1 fully saturated rings. The fourth-order valence-corrected chi connectivity index (χ4v) is 2.89. The Balaban J connectivity index is 1.46. The summed E-state index contributed by atoms with van der Waals surface area (Å²) < 4.78 is 43.5. The van der Waals surface area contributed by atoms with Gasteiger partial charge < -0.3 is 14.6 Å². The lowest BCUT2D eigenvalue weighted by Crippen LogP contribution is -2.40. The SMILES string of the molecule is Cc1ncc(CCN2CCC(Nc3cc(C(F)(F)F)ncn3)CC2)o1. The van der Waals surface area contributed by atoms with Crippen molar-refractivity contribution in [2.45, 2.75) is 38.4 Å². The van der Waals surface area contributed by atoms with Crippen molar-refractivity contribution >= 4 is 5.82 Å². The van der Waals surface area contributed by atoms with Gasteiger partial charge in [0.2, 0.25) is 0 Å². The monoisotopic (exact) mass is 355 g/mol. The van der Waals surface area contributed by atoms with E-state index in [2.05, 4.69) is 25.2 Å². The molecule has 0 amide bonds. The largest absolute Gasteiger partial charge is 0.446 e. The number of aromatic nitrogens is 3. The van der Waals surface area contributed by atoms with Gasteiger partial charge in [0, 0.05) is 45.1 Å². The van der Waals surface area contributed by atoms with Crippen LogP contribution in [0, 0.1) is 6.92 Å². The molecular weight excluding hydrogens is 335 g/mol. The number of piperidine rings is 1. The fourth-order valence-electron chi connectivity index (χ4n) is 2.89. The summed E-state index contributed by atoms with van der Waals surface area (Å²) in [6.45, 7) is 4.45. The molecular formula is C16H20F3N5O. The third-order valence-electron chi connectivity index (χ3n) is 4.24. The first-order valence-corrected chi connectivity index (χ1v) is 8.19. The maximum atomic E-state index is 12.7. The highest BCUT2D eigenvalue weighted by Crippen LogP contribution is 2.28. The number of hydrogen-bond donors (Lipinski definition) is 1. The van der Waals surface area contributed by atoms with Crippen LogP contribution in [-0.2, 0) is 12.6 Å². The molecule has 1 saturated heterocycles. The number of hydrogen-bond acceptors (Lipinski definition) is 6. The average Bonchev–Trinajstić information content (AvgIpc) is 2.99. The predicted octanol–water partition coefficient (Wildman–Crippen LogP) is 2.91. The van der Waals surface area contributed by atoms with E-state index in [1.54, 1.807) is 6.20 Å². The predicted molar refractivity (Wildman–Crippen MR) is 85.1 cm³/mol. The van der Waals surface area contributed by atoms with Gasteiger partial charge >= 0.3 is 6.18 Å². The van der Waals surface area contributed by atoms with Crippen molar-refractivity contribution in [2.24, 2.45) is 0 Å². The maximum Gasteiger partial charge on any atom is 0.433 e. The Kier molecular flexibility index (Phi) is 5.22. The van der Waals surface area contributed by atoms with Gasteiger partial charge in [0.25, 0.3) is 0 Å². The van der Waals surface area contributed by atoms with Crippen LogP contribution in [0.4, 0.5) is 19.0 Å². The number of halogens is 3. The van der Waals surface area contributed by atoms with Crippen LogP contribution in [0.1, 0.15) is 30.2 Å². The molecule has 3 rings (SSSR count). The molecule has 2 aromatic rings. The molecule has 1 aliphatic rings. The van der Waals surface area contributed by atoms with Crippen molar-refractivity contribution in [2.75, 3.05) is 25.0 Å². The Hall–Kier alpha value is -2.16. The highest BCUT2D eigenvalue weighted by molar-refractivity contribution is 5.36. The van der Waals surface area contributed by atoms with Crippen molar-refractivity contribution in [1.82, 2.24) is 19.9 Å². The molecule has 9 heteroatoms. The number of rotatable bonds is 5. The highest BCUT2D eigenvalue weighted by Gasteiger charge is 2.33. The standard InChI is InChI=1S/C16H20F3N5O/c1-11-20-9-13(25-11)4-7-24-5-2-12(3-6-24)23-15-8-14(16(17,18)19)21-10-22-15/h8-10,12H,2-7H2,1H3,(H,21,22,23). The van der Waals surface area contributed by atoms with Crippen LogP contribution in [-0.4, -0.2) is 45.5 Å². The van der Waals surface area contributed by atoms with Gasteiger partial charge in [-0.3, -0.25) is 0 Å². The molecule has 1 aliphatic heterocycles. The number of alkyl halides is 3. The highest BCUT2D eigenvalue weighted by atomic mass is 19.4. The molecule has 2 aromatic heterocycles. The molecule has 0 aromatic carbocycles. The van der Waals surface area contributed by atoms with Gasteiger partial charge in [0.05, 0.1) is 6.20 Å². The summed E-state index contributed by atoms with van der Waals surface area (Å²) in [4.78, 5) is 13.6. The van der Waals surface area contributed by atoms with E-state index in [4.69, 9.17) is 4.42 Å². The number of oxazole rings is 1. The summed E-state index contributed by atoms with van der Waals surface area (Å²) in [5, 5.41) is 3.08. The minimum atomic E-state index is -4.46. The van der Waals surface area contributed by atoms with Crippen molar-refractivity contribution in [1.29, 1.82) is 0 Å². The van der Waals surface area contributed by atoms with Crippen molar-refractivity contribution in [3.8, 4) is 0 Å². The lowest BCUT2D eigenvalue weighted by Gasteiger charge is -2.32. The number of anilines is 1. The Morgan fingerprint density at radius 2 is 2.00 bits per heavy atom. The van der Waals surface area contributed by atoms with Gasteiger partial charge in [0.1, 0.15) is 23.6 Å². The first-order valence-electron chi connectivity index (χ1n) is 8.19. The Bertz CT molecular complexity index is 695. The molecule has 0 spiro atoms. The van der Waals surface area contributed by atoms with Crippen LogP contribution < -0.4 is 5.32 Å². The quantitative estimate of drug-likeness (QED) is 0.890. The summed E-state index contributed by atoms with van der Waals surface area (Å²) in [6, 6.07) is 1.07. The van der Waals surface area contributed by atoms with Crippen LogP contribution in [0.15, 0.2) is 23.0 Å². The maximum absolute atomic E-state index is 12.7. The summed E-state index contributed by atoms with van der Waals surface area (Å²) in [5.41, 5.74) is -0.926. The molecule has 0 bridgehead atoms. The van der Waals surface area contributed by atoms with Crippen LogP contribution in [0.5, 0.6) is 0 Å². The third-order valence-corrected chi connectivity index (χ3v) is 4.24. The van der Waals surface area contributed by atoms with Crippen LogP contribution >= 0.6 is 0 Å². The lowest BCUT2D eigenvalue weighted by molar-refractivity contribution is -0.141. The summed E-state index contributed by atoms with van der Waals surface area (Å²) in [5.74, 6) is 1.76. The van der Waals surface area contributed by atoms with E-state index in [0.717, 1.165) is 57.1 Å². The zero-order chi connectivity index (χ0) is 17.9. The normalized spacial score (nSPS) is 17.0. The van der Waals surface area contributed by atoms with Crippen LogP contribution in [0.3, 0.4) is 0 Å². The molecule has 3 heterocycles. The van der Waals surface area contributed by atoms with E-state index in [1.807, 2.05) is 6.92 Å². The fraction of sp³-hybridized carbons (Fsp3) is 0.562. The molecule has 25 heavy (non-hydrogen) atoms. The first-order chi connectivity index (χ1) is 11.9. The Morgan fingerprint density at radius 1 is 1.24 bits per heavy atom. The average molecular weight is 355 g/mol. The molecule has 0 atom stereocenters. The second-order valence-electron chi connectivity index (χ2n) is 6.14. The molecule has 136 valence electrons. The van der Waals surface area contributed by atoms with Gasteiger partial charge in [-0.25, -0.2) is 15.0 Å². The van der Waals surface area contributed by atoms with E-state index >= 15 is 0 Å². The minimum Gasteiger partial charge on any atom is -0.446 e. The summed E-state index contributed by atoms with van der Waals surface area (Å²) in [7, 11) is 0. The smallest absolute Gasteiger partial charge is 0.433 e. The number of likely N-dealkylation sites (tertiary alicyclic amines) is 1. The minimum absolute atomic E-state index is 0.111. The first kappa shape index (κ1) is 17.7. The van der Waals surface area contributed by atoms with Gasteiger partial charge in [0.15, 0.2) is 5.89 Å². The molecule has 0 unspecified atom stereocenters. The van der Waals surface area contributed by atoms with Crippen LogP contribution in [0.25, 0.3) is 0 Å². The van der Waals surface area contributed by atoms with Crippen LogP contribution in [0.2, 0.25) is 0 Å². The van der Waals surface area contributed by atoms with Gasteiger partial charge in [-0.1, -0.05) is 0 Å². The molecule has 0 radical (unpaired) electrons. The zero-order valence-corrected chi connectivity index (χ0v) is 13.9. The van der Waals surface area contributed by atoms with Crippen molar-refractivity contribution in [3.63, 3.8) is 0 Å². The molecule has 0 aliphatic carbocycles. The zero-order valence-electron chi connectivity index (χ0n) is 13.9. The summed E-state index contributed by atoms with van der Waals surface area (Å²) >= 11 is 0. The van der Waals surface area contributed by atoms with Crippen molar-refractivity contribution in [3.05, 3.63) is 35.9 Å². The third kappa shape index (κ3) is 4.91. The number of aryl methyl sites for hydroxylation is 1.